The summed E-state index contributed by atoms with van der Waals surface area (Å²) in [6.07, 6.45) is 4.71. The van der Waals surface area contributed by atoms with E-state index < -0.39 is 0 Å². The predicted octanol–water partition coefficient (Wildman–Crippen LogP) is 4.55. The van der Waals surface area contributed by atoms with Crippen molar-refractivity contribution < 1.29 is 4.74 Å². The number of benzene rings is 1. The van der Waals surface area contributed by atoms with E-state index in [9.17, 15) is 0 Å². The predicted molar refractivity (Wildman–Crippen MR) is 87.8 cm³/mol. The molecule has 0 saturated heterocycles. The van der Waals surface area contributed by atoms with Crippen molar-refractivity contribution in [1.82, 2.24) is 5.32 Å². The van der Waals surface area contributed by atoms with E-state index in [1.54, 1.807) is 0 Å². The van der Waals surface area contributed by atoms with Crippen LogP contribution in [0.25, 0.3) is 0 Å². The molecular formula is C18H31NO. The largest absolute Gasteiger partial charge is 0.493 e. The van der Waals surface area contributed by atoms with Crippen molar-refractivity contribution in [2.24, 2.45) is 0 Å². The maximum absolute atomic E-state index is 6.02. The topological polar surface area (TPSA) is 21.3 Å². The molecule has 1 unspecified atom stereocenters. The molecule has 20 heavy (non-hydrogen) atoms. The summed E-state index contributed by atoms with van der Waals surface area (Å²) in [5.74, 6) is 1.08. The Labute approximate surface area is 124 Å². The second-order valence-corrected chi connectivity index (χ2v) is 5.70. The molecule has 0 amide bonds. The molecule has 0 aliphatic heterocycles. The van der Waals surface area contributed by atoms with Crippen LogP contribution in [-0.2, 0) is 0 Å². The zero-order valence-electron chi connectivity index (χ0n) is 13.9. The molecule has 0 fully saturated rings. The highest BCUT2D eigenvalue weighted by molar-refractivity contribution is 5.44. The Bertz CT molecular complexity index is 401. The van der Waals surface area contributed by atoms with Crippen LogP contribution >= 0.6 is 0 Å². The quantitative estimate of drug-likeness (QED) is 0.669. The highest BCUT2D eigenvalue weighted by Gasteiger charge is 2.08. The summed E-state index contributed by atoms with van der Waals surface area (Å²) in [4.78, 5) is 0. The van der Waals surface area contributed by atoms with Gasteiger partial charge in [0.25, 0.3) is 0 Å². The van der Waals surface area contributed by atoms with E-state index in [-0.39, 0.29) is 0 Å². The number of hydrogen-bond acceptors (Lipinski definition) is 2. The van der Waals surface area contributed by atoms with Crippen LogP contribution < -0.4 is 10.1 Å². The maximum atomic E-state index is 6.02. The molecular weight excluding hydrogens is 246 g/mol. The van der Waals surface area contributed by atoms with Crippen molar-refractivity contribution in [2.45, 2.75) is 66.3 Å². The Kier molecular flexibility index (Phi) is 7.68. The van der Waals surface area contributed by atoms with Crippen LogP contribution in [0.15, 0.2) is 12.1 Å². The van der Waals surface area contributed by atoms with Gasteiger partial charge in [-0.1, -0.05) is 26.0 Å². The number of ether oxygens (including phenoxy) is 1. The van der Waals surface area contributed by atoms with Gasteiger partial charge >= 0.3 is 0 Å². The van der Waals surface area contributed by atoms with Crippen LogP contribution in [0.5, 0.6) is 5.75 Å². The fourth-order valence-electron chi connectivity index (χ4n) is 2.45. The number of nitrogens with one attached hydrogen (secondary N) is 1. The van der Waals surface area contributed by atoms with Gasteiger partial charge in [0.2, 0.25) is 0 Å². The Morgan fingerprint density at radius 1 is 1.10 bits per heavy atom. The van der Waals surface area contributed by atoms with E-state index >= 15 is 0 Å². The van der Waals surface area contributed by atoms with E-state index in [4.69, 9.17) is 4.74 Å². The molecule has 0 aromatic heterocycles. The van der Waals surface area contributed by atoms with Gasteiger partial charge < -0.3 is 10.1 Å². The average Bonchev–Trinajstić information content (AvgIpc) is 2.45. The lowest BCUT2D eigenvalue weighted by atomic mass is 10.1. The summed E-state index contributed by atoms with van der Waals surface area (Å²) in [6.45, 7) is 12.8. The van der Waals surface area contributed by atoms with Crippen molar-refractivity contribution in [3.8, 4) is 5.75 Å². The van der Waals surface area contributed by atoms with Gasteiger partial charge in [-0.25, -0.2) is 0 Å². The lowest BCUT2D eigenvalue weighted by molar-refractivity contribution is 0.290. The van der Waals surface area contributed by atoms with Gasteiger partial charge in [-0.3, -0.25) is 0 Å². The molecule has 114 valence electrons. The molecule has 0 bridgehead atoms. The first-order valence-electron chi connectivity index (χ1n) is 8.03. The van der Waals surface area contributed by atoms with E-state index in [0.717, 1.165) is 25.3 Å². The normalized spacial score (nSPS) is 12.4. The number of hydrogen-bond donors (Lipinski definition) is 1. The molecule has 0 heterocycles. The monoisotopic (exact) mass is 277 g/mol. The van der Waals surface area contributed by atoms with Crippen molar-refractivity contribution in [3.05, 3.63) is 28.8 Å². The van der Waals surface area contributed by atoms with Gasteiger partial charge in [0.05, 0.1) is 6.61 Å². The van der Waals surface area contributed by atoms with Crippen LogP contribution in [0, 0.1) is 20.8 Å². The summed E-state index contributed by atoms with van der Waals surface area (Å²) in [5, 5.41) is 3.59. The zero-order valence-corrected chi connectivity index (χ0v) is 13.9. The Morgan fingerprint density at radius 3 is 2.45 bits per heavy atom. The molecule has 0 aliphatic carbocycles. The van der Waals surface area contributed by atoms with Crippen molar-refractivity contribution in [3.63, 3.8) is 0 Å². The molecule has 2 nitrogen and oxygen atoms in total. The van der Waals surface area contributed by atoms with Crippen molar-refractivity contribution in [2.75, 3.05) is 13.2 Å². The van der Waals surface area contributed by atoms with Crippen LogP contribution in [0.3, 0.4) is 0 Å². The smallest absolute Gasteiger partial charge is 0.125 e. The van der Waals surface area contributed by atoms with Gasteiger partial charge in [-0.15, -0.1) is 0 Å². The second-order valence-electron chi connectivity index (χ2n) is 5.70. The van der Waals surface area contributed by atoms with E-state index in [1.807, 2.05) is 0 Å². The van der Waals surface area contributed by atoms with Gasteiger partial charge in [-0.05, 0) is 69.7 Å². The molecule has 0 spiro atoms. The fraction of sp³-hybridized carbons (Fsp3) is 0.667. The van der Waals surface area contributed by atoms with Gasteiger partial charge in [0.1, 0.15) is 5.75 Å². The minimum absolute atomic E-state index is 0.637. The van der Waals surface area contributed by atoms with Crippen molar-refractivity contribution in [1.29, 1.82) is 0 Å². The third-order valence-electron chi connectivity index (χ3n) is 3.99. The lowest BCUT2D eigenvalue weighted by Gasteiger charge is -2.18. The zero-order chi connectivity index (χ0) is 15.0. The Morgan fingerprint density at radius 2 is 1.80 bits per heavy atom. The van der Waals surface area contributed by atoms with Gasteiger partial charge in [0.15, 0.2) is 0 Å². The Hall–Kier alpha value is -1.02. The summed E-state index contributed by atoms with van der Waals surface area (Å²) < 4.78 is 6.02. The third-order valence-corrected chi connectivity index (χ3v) is 3.99. The molecule has 2 heteroatoms. The fourth-order valence-corrected chi connectivity index (χ4v) is 2.45. The minimum atomic E-state index is 0.637. The first kappa shape index (κ1) is 17.0. The van der Waals surface area contributed by atoms with Gasteiger partial charge in [-0.2, -0.15) is 0 Å². The van der Waals surface area contributed by atoms with Crippen LogP contribution in [0.1, 0.15) is 56.2 Å². The average molecular weight is 277 g/mol. The second kappa shape index (κ2) is 9.02. The molecule has 1 aromatic carbocycles. The molecule has 1 rings (SSSR count). The van der Waals surface area contributed by atoms with Crippen LogP contribution in [0.2, 0.25) is 0 Å². The van der Waals surface area contributed by atoms with E-state index in [0.29, 0.717) is 6.04 Å². The third kappa shape index (κ3) is 5.16. The SMILES string of the molecule is CCCNC(CC)CCCOc1c(C)ccc(C)c1C. The summed E-state index contributed by atoms with van der Waals surface area (Å²) in [6, 6.07) is 4.95. The minimum Gasteiger partial charge on any atom is -0.493 e. The molecule has 0 saturated carbocycles. The van der Waals surface area contributed by atoms with Crippen molar-refractivity contribution >= 4 is 0 Å². The molecule has 1 N–H and O–H groups in total. The Balaban J connectivity index is 2.39. The standard InChI is InChI=1S/C18H31NO/c1-6-12-19-17(7-2)9-8-13-20-18-15(4)11-10-14(3)16(18)5/h10-11,17,19H,6-9,12-13H2,1-5H3. The highest BCUT2D eigenvalue weighted by atomic mass is 16.5. The van der Waals surface area contributed by atoms with E-state index in [2.05, 4.69) is 52.1 Å². The van der Waals surface area contributed by atoms with Crippen LogP contribution in [-0.4, -0.2) is 19.2 Å². The highest BCUT2D eigenvalue weighted by Crippen LogP contribution is 2.25. The molecule has 0 aliphatic rings. The first-order valence-corrected chi connectivity index (χ1v) is 8.03. The summed E-state index contributed by atoms with van der Waals surface area (Å²) >= 11 is 0. The molecule has 1 atom stereocenters. The molecule has 1 aromatic rings. The summed E-state index contributed by atoms with van der Waals surface area (Å²) in [5.41, 5.74) is 3.83. The number of rotatable bonds is 9. The van der Waals surface area contributed by atoms with E-state index in [1.165, 1.54) is 36.0 Å². The van der Waals surface area contributed by atoms with Crippen LogP contribution in [0.4, 0.5) is 0 Å². The first-order chi connectivity index (χ1) is 9.60. The molecule has 0 radical (unpaired) electrons. The lowest BCUT2D eigenvalue weighted by Crippen LogP contribution is -2.29. The number of aryl methyl sites for hydroxylation is 2. The maximum Gasteiger partial charge on any atom is 0.125 e. The van der Waals surface area contributed by atoms with Gasteiger partial charge in [0, 0.05) is 6.04 Å². The summed E-state index contributed by atoms with van der Waals surface area (Å²) in [7, 11) is 0.